The number of nitrogens with zero attached hydrogens (tertiary/aromatic N) is 2. The summed E-state index contributed by atoms with van der Waals surface area (Å²) in [6.07, 6.45) is 2.05. The van der Waals surface area contributed by atoms with Crippen molar-refractivity contribution in [3.63, 3.8) is 0 Å². The molecule has 1 saturated heterocycles. The largest absolute Gasteiger partial charge is 0.490 e. The number of hydrogen-bond acceptors (Lipinski definition) is 7. The molecule has 2 atom stereocenters. The minimum absolute atomic E-state index is 0.0752. The van der Waals surface area contributed by atoms with E-state index in [-0.39, 0.29) is 36.4 Å². The van der Waals surface area contributed by atoms with E-state index in [1.54, 1.807) is 31.4 Å². The number of anilines is 1. The molecule has 0 bridgehead atoms. The second-order valence-electron chi connectivity index (χ2n) is 9.97. The summed E-state index contributed by atoms with van der Waals surface area (Å²) in [6, 6.07) is 12.4. The number of methoxy groups -OCH3 is 1. The fourth-order valence-electron chi connectivity index (χ4n) is 5.07. The molecule has 208 valence electrons. The van der Waals surface area contributed by atoms with Crippen molar-refractivity contribution in [1.29, 1.82) is 0 Å². The smallest absolute Gasteiger partial charge is 0.303 e. The van der Waals surface area contributed by atoms with Gasteiger partial charge in [-0.2, -0.15) is 4.31 Å². The number of carboxylic acids is 1. The van der Waals surface area contributed by atoms with Crippen molar-refractivity contribution in [2.24, 2.45) is 0 Å². The quantitative estimate of drug-likeness (QED) is 0.401. The number of hydrogen-bond donors (Lipinski definition) is 1. The highest BCUT2D eigenvalue weighted by Gasteiger charge is 2.37. The molecule has 0 radical (unpaired) electrons. The fraction of sp³-hybridized carbons (Fsp3) is 0.536. The topological polar surface area (TPSA) is 106 Å². The number of piperidine rings is 1. The van der Waals surface area contributed by atoms with Crippen LogP contribution in [0.15, 0.2) is 47.4 Å². The van der Waals surface area contributed by atoms with Crippen LogP contribution in [-0.2, 0) is 30.9 Å². The van der Waals surface area contributed by atoms with Crippen LogP contribution in [0.5, 0.6) is 5.75 Å². The normalized spacial score (nSPS) is 20.1. The van der Waals surface area contributed by atoms with Crippen LogP contribution >= 0.6 is 0 Å². The van der Waals surface area contributed by atoms with E-state index in [4.69, 9.17) is 14.2 Å². The Bertz CT molecular complexity index is 1190. The number of carboxylic acid groups (broad SMARTS) is 1. The van der Waals surface area contributed by atoms with Gasteiger partial charge in [0.05, 0.1) is 29.8 Å². The third-order valence-corrected chi connectivity index (χ3v) is 9.11. The number of fused-ring (bicyclic) bond motifs is 1. The lowest BCUT2D eigenvalue weighted by Crippen LogP contribution is -2.49. The molecule has 1 fully saturated rings. The minimum atomic E-state index is -3.80. The van der Waals surface area contributed by atoms with E-state index in [2.05, 4.69) is 11.0 Å². The van der Waals surface area contributed by atoms with Crippen molar-refractivity contribution in [2.75, 3.05) is 44.9 Å². The summed E-state index contributed by atoms with van der Waals surface area (Å²) in [7, 11) is -2.09. The van der Waals surface area contributed by atoms with Crippen LogP contribution in [0.2, 0.25) is 0 Å². The summed E-state index contributed by atoms with van der Waals surface area (Å²) in [5, 5.41) is 9.20. The monoisotopic (exact) mass is 546 g/mol. The maximum absolute atomic E-state index is 13.6. The first-order valence-corrected chi connectivity index (χ1v) is 14.6. The molecule has 2 heterocycles. The van der Waals surface area contributed by atoms with Gasteiger partial charge >= 0.3 is 5.97 Å². The number of sulfonamides is 1. The van der Waals surface area contributed by atoms with Gasteiger partial charge in [-0.3, -0.25) is 4.79 Å². The van der Waals surface area contributed by atoms with Crippen molar-refractivity contribution in [3.05, 3.63) is 53.6 Å². The van der Waals surface area contributed by atoms with Crippen LogP contribution in [0.4, 0.5) is 5.69 Å². The predicted octanol–water partition coefficient (Wildman–Crippen LogP) is 3.83. The summed E-state index contributed by atoms with van der Waals surface area (Å²) >= 11 is 0. The number of benzene rings is 2. The maximum atomic E-state index is 13.6. The first-order chi connectivity index (χ1) is 18.3. The highest BCUT2D eigenvalue weighted by molar-refractivity contribution is 7.89. The zero-order valence-corrected chi connectivity index (χ0v) is 23.0. The van der Waals surface area contributed by atoms with Gasteiger partial charge in [-0.25, -0.2) is 8.42 Å². The molecule has 2 aliphatic rings. The average Bonchev–Trinajstić information content (AvgIpc) is 2.91. The standard InChI is InChI=1S/C28H38N2O7S/c1-21-4-10-25(11-5-21)38(33,34)30-19-24(9-7-23(30)8-13-28(31)32)37-20-22-6-12-27-26(18-22)29(15-17-36-27)14-3-16-35-2/h4-6,10-12,18,23-24H,3,7-9,13-17,19-20H2,1-2H3,(H,31,32)/t23-,24+/m0/s1. The predicted molar refractivity (Wildman–Crippen MR) is 144 cm³/mol. The Kier molecular flexibility index (Phi) is 9.64. The lowest BCUT2D eigenvalue weighted by atomic mass is 9.98. The van der Waals surface area contributed by atoms with E-state index in [9.17, 15) is 18.3 Å². The summed E-state index contributed by atoms with van der Waals surface area (Å²) in [4.78, 5) is 13.7. The highest BCUT2D eigenvalue weighted by atomic mass is 32.2. The molecule has 2 aromatic carbocycles. The number of ether oxygens (including phenoxy) is 3. The second kappa shape index (κ2) is 12.9. The van der Waals surface area contributed by atoms with Crippen LogP contribution in [0, 0.1) is 6.92 Å². The van der Waals surface area contributed by atoms with Crippen LogP contribution in [-0.4, -0.2) is 75.9 Å². The van der Waals surface area contributed by atoms with Gasteiger partial charge in [-0.05, 0) is 62.4 Å². The van der Waals surface area contributed by atoms with E-state index < -0.39 is 16.0 Å². The molecule has 4 rings (SSSR count). The van der Waals surface area contributed by atoms with Gasteiger partial charge in [-0.15, -0.1) is 0 Å². The van der Waals surface area contributed by atoms with E-state index >= 15 is 0 Å². The van der Waals surface area contributed by atoms with E-state index in [1.165, 1.54) is 4.31 Å². The van der Waals surface area contributed by atoms with Gasteiger partial charge in [0.1, 0.15) is 12.4 Å². The molecule has 2 aromatic rings. The minimum Gasteiger partial charge on any atom is -0.490 e. The van der Waals surface area contributed by atoms with Gasteiger partial charge < -0.3 is 24.2 Å². The molecule has 1 N–H and O–H groups in total. The third-order valence-electron chi connectivity index (χ3n) is 7.18. The average molecular weight is 547 g/mol. The molecule has 0 amide bonds. The Balaban J connectivity index is 1.45. The van der Waals surface area contributed by atoms with Gasteiger partial charge in [-0.1, -0.05) is 23.8 Å². The lowest BCUT2D eigenvalue weighted by molar-refractivity contribution is -0.137. The van der Waals surface area contributed by atoms with E-state index in [0.717, 1.165) is 42.1 Å². The third kappa shape index (κ3) is 7.05. The van der Waals surface area contributed by atoms with Crippen molar-refractivity contribution in [2.45, 2.75) is 62.7 Å². The van der Waals surface area contributed by atoms with Crippen LogP contribution in [0.3, 0.4) is 0 Å². The Morgan fingerprint density at radius 3 is 2.68 bits per heavy atom. The first kappa shape index (κ1) is 28.4. The number of aliphatic carboxylic acids is 1. The maximum Gasteiger partial charge on any atom is 0.303 e. The van der Waals surface area contributed by atoms with Crippen LogP contribution < -0.4 is 9.64 Å². The zero-order chi connectivity index (χ0) is 27.1. The fourth-order valence-corrected chi connectivity index (χ4v) is 6.79. The van der Waals surface area contributed by atoms with Crippen molar-refractivity contribution in [1.82, 2.24) is 4.31 Å². The first-order valence-electron chi connectivity index (χ1n) is 13.2. The van der Waals surface area contributed by atoms with Crippen molar-refractivity contribution < 1.29 is 32.5 Å². The number of aryl methyl sites for hydroxylation is 1. The summed E-state index contributed by atoms with van der Waals surface area (Å²) in [5.41, 5.74) is 3.00. The number of carbonyl (C=O) groups is 1. The molecule has 9 nitrogen and oxygen atoms in total. The molecular weight excluding hydrogens is 508 g/mol. The SMILES string of the molecule is COCCCN1CCOc2ccc(CO[C@@H]3CC[C@@H](CCC(=O)O)N(S(=O)(=O)c4ccc(C)cc4)C3)cc21. The Morgan fingerprint density at radius 2 is 1.95 bits per heavy atom. The number of rotatable bonds is 12. The lowest BCUT2D eigenvalue weighted by Gasteiger charge is -2.38. The molecule has 10 heteroatoms. The molecule has 0 unspecified atom stereocenters. The molecule has 2 aliphatic heterocycles. The Morgan fingerprint density at radius 1 is 1.16 bits per heavy atom. The van der Waals surface area contributed by atoms with Crippen molar-refractivity contribution >= 4 is 21.7 Å². The Labute approximate surface area is 225 Å². The zero-order valence-electron chi connectivity index (χ0n) is 22.2. The van der Waals surface area contributed by atoms with Crippen molar-refractivity contribution in [3.8, 4) is 5.75 Å². The molecule has 0 aliphatic carbocycles. The second-order valence-corrected chi connectivity index (χ2v) is 11.9. The molecule has 0 saturated carbocycles. The summed E-state index contributed by atoms with van der Waals surface area (Å²) < 4.78 is 45.9. The van der Waals surface area contributed by atoms with Crippen LogP contribution in [0.25, 0.3) is 0 Å². The van der Waals surface area contributed by atoms with E-state index in [0.29, 0.717) is 32.7 Å². The summed E-state index contributed by atoms with van der Waals surface area (Å²) in [6.45, 7) is 5.48. The van der Waals surface area contributed by atoms with E-state index in [1.807, 2.05) is 19.1 Å². The Hall–Kier alpha value is -2.66. The molecule has 38 heavy (non-hydrogen) atoms. The molecule has 0 aromatic heterocycles. The highest BCUT2D eigenvalue weighted by Crippen LogP contribution is 2.34. The molecule has 0 spiro atoms. The van der Waals surface area contributed by atoms with Gasteiger partial charge in [0, 0.05) is 39.3 Å². The van der Waals surface area contributed by atoms with Gasteiger partial charge in [0.15, 0.2) is 0 Å². The summed E-state index contributed by atoms with van der Waals surface area (Å²) in [5.74, 6) is -0.0737. The van der Waals surface area contributed by atoms with Crippen LogP contribution in [0.1, 0.15) is 43.2 Å². The molecular formula is C28H38N2O7S. The van der Waals surface area contributed by atoms with Gasteiger partial charge in [0.25, 0.3) is 0 Å². The van der Waals surface area contributed by atoms with Gasteiger partial charge in [0.2, 0.25) is 10.0 Å².